The first-order valence-electron chi connectivity index (χ1n) is 5.97. The molecule has 0 aliphatic carbocycles. The van der Waals surface area contributed by atoms with E-state index >= 15 is 0 Å². The van der Waals surface area contributed by atoms with Gasteiger partial charge in [0.15, 0.2) is 11.6 Å². The molecule has 1 N–H and O–H groups in total. The van der Waals surface area contributed by atoms with Crippen LogP contribution < -0.4 is 0 Å². The highest BCUT2D eigenvalue weighted by atomic mass is 79.9. The van der Waals surface area contributed by atoms with Gasteiger partial charge in [-0.1, -0.05) is 22.0 Å². The minimum absolute atomic E-state index is 0.142. The number of rotatable bonds is 2. The Morgan fingerprint density at radius 2 is 2.05 bits per heavy atom. The number of halogens is 1. The van der Waals surface area contributed by atoms with Crippen LogP contribution in [0.15, 0.2) is 47.3 Å². The van der Waals surface area contributed by atoms with Crippen molar-refractivity contribution >= 4 is 15.9 Å². The van der Waals surface area contributed by atoms with E-state index in [1.165, 1.54) is 0 Å². The van der Waals surface area contributed by atoms with Crippen LogP contribution in [-0.2, 0) is 0 Å². The molecule has 0 saturated heterocycles. The Morgan fingerprint density at radius 3 is 2.85 bits per heavy atom. The molecule has 0 atom stereocenters. The molecule has 0 aliphatic rings. The van der Waals surface area contributed by atoms with E-state index in [0.717, 1.165) is 15.9 Å². The summed E-state index contributed by atoms with van der Waals surface area (Å²) in [5.74, 6) is 1.32. The molecule has 0 spiro atoms. The number of aryl methyl sites for hydroxylation is 1. The van der Waals surface area contributed by atoms with E-state index in [1.807, 2.05) is 19.1 Å². The number of phenols is 1. The number of hydrogen-bond donors (Lipinski definition) is 1. The molecule has 0 unspecified atom stereocenters. The Labute approximate surface area is 124 Å². The maximum absolute atomic E-state index is 9.90. The zero-order chi connectivity index (χ0) is 14.1. The van der Waals surface area contributed by atoms with Gasteiger partial charge in [-0.15, -0.1) is 5.10 Å². The maximum atomic E-state index is 9.90. The van der Waals surface area contributed by atoms with E-state index in [2.05, 4.69) is 31.0 Å². The minimum atomic E-state index is 0.142. The van der Waals surface area contributed by atoms with Crippen LogP contribution in [0, 0.1) is 6.92 Å². The number of aromatic nitrogens is 4. The van der Waals surface area contributed by atoms with Crippen LogP contribution in [0.25, 0.3) is 17.2 Å². The van der Waals surface area contributed by atoms with Crippen molar-refractivity contribution in [2.24, 2.45) is 0 Å². The summed E-state index contributed by atoms with van der Waals surface area (Å²) in [7, 11) is 0. The Hall–Kier alpha value is -2.21. The lowest BCUT2D eigenvalue weighted by molar-refractivity contribution is 0.476. The van der Waals surface area contributed by atoms with Crippen molar-refractivity contribution in [3.63, 3.8) is 0 Å². The summed E-state index contributed by atoms with van der Waals surface area (Å²) in [6, 6.07) is 8.97. The molecular formula is C14H11BrN4O. The summed E-state index contributed by atoms with van der Waals surface area (Å²) in [6.07, 6.45) is 3.30. The zero-order valence-corrected chi connectivity index (χ0v) is 12.2. The van der Waals surface area contributed by atoms with Crippen LogP contribution in [0.4, 0.5) is 0 Å². The summed E-state index contributed by atoms with van der Waals surface area (Å²) in [4.78, 5) is 8.52. The molecule has 3 rings (SSSR count). The molecule has 0 aliphatic heterocycles. The normalized spacial score (nSPS) is 10.7. The average Bonchev–Trinajstić information content (AvgIpc) is 2.91. The molecule has 3 aromatic rings. The average molecular weight is 331 g/mol. The molecule has 0 bridgehead atoms. The lowest BCUT2D eigenvalue weighted by Crippen LogP contribution is -2.00. The number of benzene rings is 1. The molecule has 1 aromatic carbocycles. The van der Waals surface area contributed by atoms with Gasteiger partial charge in [-0.05, 0) is 36.8 Å². The van der Waals surface area contributed by atoms with Crippen molar-refractivity contribution in [1.29, 1.82) is 0 Å². The van der Waals surface area contributed by atoms with E-state index < -0.39 is 0 Å². The van der Waals surface area contributed by atoms with Crippen LogP contribution in [-0.4, -0.2) is 24.9 Å². The van der Waals surface area contributed by atoms with E-state index in [-0.39, 0.29) is 5.75 Å². The number of pyridine rings is 1. The first kappa shape index (κ1) is 12.8. The summed E-state index contributed by atoms with van der Waals surface area (Å²) in [5.41, 5.74) is 1.58. The molecule has 0 fully saturated rings. The summed E-state index contributed by atoms with van der Waals surface area (Å²) in [6.45, 7) is 1.96. The largest absolute Gasteiger partial charge is 0.507 e. The molecule has 0 saturated carbocycles. The third kappa shape index (κ3) is 2.30. The third-order valence-corrected chi connectivity index (χ3v) is 3.38. The number of hydrogen-bond acceptors (Lipinski definition) is 4. The molecule has 6 heteroatoms. The number of nitrogens with zero attached hydrogens (tertiary/aromatic N) is 4. The van der Waals surface area contributed by atoms with Crippen LogP contribution in [0.5, 0.6) is 5.75 Å². The standard InChI is InChI=1S/C14H11BrN4O/c1-9-3-2-6-16-14(9)19-8-17-13(18-19)11-7-10(15)4-5-12(11)20/h2-8,20H,1H3. The minimum Gasteiger partial charge on any atom is -0.507 e. The second-order valence-electron chi connectivity index (χ2n) is 4.32. The molecule has 0 amide bonds. The molecule has 5 nitrogen and oxygen atoms in total. The highest BCUT2D eigenvalue weighted by Crippen LogP contribution is 2.29. The predicted molar refractivity (Wildman–Crippen MR) is 78.7 cm³/mol. The van der Waals surface area contributed by atoms with Gasteiger partial charge in [0, 0.05) is 10.7 Å². The quantitative estimate of drug-likeness (QED) is 0.784. The van der Waals surface area contributed by atoms with Crippen LogP contribution in [0.2, 0.25) is 0 Å². The zero-order valence-electron chi connectivity index (χ0n) is 10.7. The Bertz CT molecular complexity index is 769. The lowest BCUT2D eigenvalue weighted by Gasteiger charge is -2.03. The first-order valence-corrected chi connectivity index (χ1v) is 6.77. The van der Waals surface area contributed by atoms with Gasteiger partial charge in [-0.3, -0.25) is 0 Å². The Balaban J connectivity index is 2.07. The van der Waals surface area contributed by atoms with E-state index in [0.29, 0.717) is 11.4 Å². The van der Waals surface area contributed by atoms with Crippen molar-refractivity contribution in [1.82, 2.24) is 19.7 Å². The van der Waals surface area contributed by atoms with Crippen LogP contribution in [0.3, 0.4) is 0 Å². The molecule has 0 radical (unpaired) electrons. The van der Waals surface area contributed by atoms with Crippen LogP contribution >= 0.6 is 15.9 Å². The third-order valence-electron chi connectivity index (χ3n) is 2.89. The van der Waals surface area contributed by atoms with Gasteiger partial charge < -0.3 is 5.11 Å². The van der Waals surface area contributed by atoms with Crippen molar-refractivity contribution in [2.45, 2.75) is 6.92 Å². The van der Waals surface area contributed by atoms with Crippen LogP contribution in [0.1, 0.15) is 5.56 Å². The summed E-state index contributed by atoms with van der Waals surface area (Å²) < 4.78 is 2.46. The van der Waals surface area contributed by atoms with Gasteiger partial charge in [-0.2, -0.15) is 0 Å². The Morgan fingerprint density at radius 1 is 1.20 bits per heavy atom. The molecule has 100 valence electrons. The second-order valence-corrected chi connectivity index (χ2v) is 5.23. The fourth-order valence-electron chi connectivity index (χ4n) is 1.89. The van der Waals surface area contributed by atoms with Gasteiger partial charge in [0.05, 0.1) is 5.56 Å². The van der Waals surface area contributed by atoms with Gasteiger partial charge in [0.2, 0.25) is 0 Å². The lowest BCUT2D eigenvalue weighted by atomic mass is 10.2. The monoisotopic (exact) mass is 330 g/mol. The summed E-state index contributed by atoms with van der Waals surface area (Å²) in [5, 5.41) is 14.3. The fraction of sp³-hybridized carbons (Fsp3) is 0.0714. The highest BCUT2D eigenvalue weighted by Gasteiger charge is 2.12. The van der Waals surface area contributed by atoms with E-state index in [1.54, 1.807) is 35.4 Å². The van der Waals surface area contributed by atoms with Gasteiger partial charge >= 0.3 is 0 Å². The predicted octanol–water partition coefficient (Wildman–Crippen LogP) is 3.11. The highest BCUT2D eigenvalue weighted by molar-refractivity contribution is 9.10. The van der Waals surface area contributed by atoms with Crippen molar-refractivity contribution in [3.8, 4) is 23.0 Å². The van der Waals surface area contributed by atoms with Gasteiger partial charge in [-0.25, -0.2) is 14.6 Å². The van der Waals surface area contributed by atoms with E-state index in [9.17, 15) is 5.11 Å². The fourth-order valence-corrected chi connectivity index (χ4v) is 2.25. The molecule has 20 heavy (non-hydrogen) atoms. The molecular weight excluding hydrogens is 320 g/mol. The molecule has 2 heterocycles. The van der Waals surface area contributed by atoms with Gasteiger partial charge in [0.25, 0.3) is 0 Å². The van der Waals surface area contributed by atoms with Crippen molar-refractivity contribution in [3.05, 3.63) is 52.9 Å². The number of aromatic hydroxyl groups is 1. The maximum Gasteiger partial charge on any atom is 0.185 e. The Kier molecular flexibility index (Phi) is 3.23. The molecule has 2 aromatic heterocycles. The van der Waals surface area contributed by atoms with Crippen molar-refractivity contribution < 1.29 is 5.11 Å². The van der Waals surface area contributed by atoms with Gasteiger partial charge in [0.1, 0.15) is 12.1 Å². The van der Waals surface area contributed by atoms with E-state index in [4.69, 9.17) is 0 Å². The smallest absolute Gasteiger partial charge is 0.185 e. The topological polar surface area (TPSA) is 63.8 Å². The number of phenolic OH excluding ortho intramolecular Hbond substituents is 1. The SMILES string of the molecule is Cc1cccnc1-n1cnc(-c2cc(Br)ccc2O)n1. The summed E-state index contributed by atoms with van der Waals surface area (Å²) >= 11 is 3.37. The van der Waals surface area contributed by atoms with Crippen molar-refractivity contribution in [2.75, 3.05) is 0 Å². The second kappa shape index (κ2) is 5.05. The first-order chi connectivity index (χ1) is 9.65.